The fraction of sp³-hybridized carbons (Fsp3) is 0.769. The SMILES string of the molecule is CC1(C)CC[C@]2(C(=O)N3CCOCC3)CC[C@]3(C)C(=CC[C@@H]4[C@@]5(C)CC/C(=N/OC(=O)/C=C6\SC(=O)NC6=O)C(C)(C)[C@H]5CC[C@]43C)[C@@H]2C1. The van der Waals surface area contributed by atoms with Gasteiger partial charge in [0.25, 0.3) is 11.1 Å². The Morgan fingerprint density at radius 1 is 0.980 bits per heavy atom. The molecule has 7 atom stereocenters. The van der Waals surface area contributed by atoms with Gasteiger partial charge >= 0.3 is 5.97 Å². The van der Waals surface area contributed by atoms with Gasteiger partial charge in [-0.25, -0.2) is 4.79 Å². The van der Waals surface area contributed by atoms with E-state index < -0.39 is 17.1 Å². The second kappa shape index (κ2) is 11.8. The van der Waals surface area contributed by atoms with E-state index in [0.717, 1.165) is 76.0 Å². The lowest BCUT2D eigenvalue weighted by molar-refractivity contribution is -0.177. The van der Waals surface area contributed by atoms with Gasteiger partial charge in [-0.2, -0.15) is 0 Å². The molecule has 0 aromatic heterocycles. The van der Waals surface area contributed by atoms with Crippen molar-refractivity contribution < 1.29 is 28.8 Å². The van der Waals surface area contributed by atoms with Crippen LogP contribution in [0, 0.1) is 50.2 Å². The number of allylic oxidation sites excluding steroid dienone is 2. The normalized spacial score (nSPS) is 42.7. The van der Waals surface area contributed by atoms with Crippen molar-refractivity contribution in [2.75, 3.05) is 26.3 Å². The van der Waals surface area contributed by atoms with Crippen LogP contribution in [0.15, 0.2) is 27.8 Å². The van der Waals surface area contributed by atoms with Crippen molar-refractivity contribution in [3.8, 4) is 0 Å². The number of morpholine rings is 1. The molecule has 7 aliphatic rings. The van der Waals surface area contributed by atoms with Crippen molar-refractivity contribution in [1.82, 2.24) is 10.2 Å². The van der Waals surface area contributed by atoms with Gasteiger partial charge in [0.15, 0.2) is 0 Å². The fourth-order valence-corrected chi connectivity index (χ4v) is 13.0. The van der Waals surface area contributed by atoms with Crippen molar-refractivity contribution >= 4 is 40.5 Å². The predicted octanol–water partition coefficient (Wildman–Crippen LogP) is 7.41. The molecular weight excluding hydrogens is 639 g/mol. The van der Waals surface area contributed by atoms with Crippen LogP contribution in [0.4, 0.5) is 4.79 Å². The molecule has 49 heavy (non-hydrogen) atoms. The Bertz CT molecular complexity index is 1560. The number of ether oxygens (including phenoxy) is 1. The summed E-state index contributed by atoms with van der Waals surface area (Å²) < 4.78 is 5.65. The number of hydrogen-bond donors (Lipinski definition) is 1. The van der Waals surface area contributed by atoms with E-state index in [4.69, 9.17) is 9.57 Å². The fourth-order valence-electron chi connectivity index (χ4n) is 12.3. The van der Waals surface area contributed by atoms with E-state index in [1.165, 1.54) is 0 Å². The van der Waals surface area contributed by atoms with Gasteiger partial charge in [-0.05, 0) is 115 Å². The number of nitrogens with one attached hydrogen (secondary N) is 1. The Labute approximate surface area is 295 Å². The molecule has 0 aromatic carbocycles. The third-order valence-corrected chi connectivity index (χ3v) is 16.1. The second-order valence-electron chi connectivity index (χ2n) is 18.3. The minimum Gasteiger partial charge on any atom is -0.378 e. The summed E-state index contributed by atoms with van der Waals surface area (Å²) in [7, 11) is 0. The van der Waals surface area contributed by atoms with Gasteiger partial charge < -0.3 is 14.5 Å². The van der Waals surface area contributed by atoms with Crippen LogP contribution in [-0.4, -0.2) is 59.9 Å². The molecule has 9 nitrogen and oxygen atoms in total. The Balaban J connectivity index is 1.17. The number of oxime groups is 1. The maximum atomic E-state index is 14.6. The number of fused-ring (bicyclic) bond motifs is 7. The highest BCUT2D eigenvalue weighted by Gasteiger charge is 2.69. The molecule has 7 rings (SSSR count). The van der Waals surface area contributed by atoms with Gasteiger partial charge in [0.1, 0.15) is 0 Å². The van der Waals surface area contributed by atoms with Crippen LogP contribution >= 0.6 is 11.8 Å². The molecule has 268 valence electrons. The summed E-state index contributed by atoms with van der Waals surface area (Å²) in [5.74, 6) is 0.204. The number of rotatable bonds is 3. The smallest absolute Gasteiger partial charge is 0.359 e. The molecule has 0 radical (unpaired) electrons. The Morgan fingerprint density at radius 3 is 2.39 bits per heavy atom. The van der Waals surface area contributed by atoms with Crippen LogP contribution in [0.1, 0.15) is 113 Å². The third kappa shape index (κ3) is 5.31. The van der Waals surface area contributed by atoms with Gasteiger partial charge in [-0.1, -0.05) is 65.3 Å². The topological polar surface area (TPSA) is 114 Å². The summed E-state index contributed by atoms with van der Waals surface area (Å²) >= 11 is 0.693. The highest BCUT2D eigenvalue weighted by Crippen LogP contribution is 2.75. The van der Waals surface area contributed by atoms with E-state index >= 15 is 0 Å². The van der Waals surface area contributed by atoms with E-state index in [1.807, 2.05) is 0 Å². The lowest BCUT2D eigenvalue weighted by atomic mass is 9.33. The molecule has 2 saturated heterocycles. The van der Waals surface area contributed by atoms with Crippen molar-refractivity contribution in [1.29, 1.82) is 0 Å². The van der Waals surface area contributed by atoms with Gasteiger partial charge in [0.2, 0.25) is 5.91 Å². The first kappa shape index (κ1) is 35.0. The summed E-state index contributed by atoms with van der Waals surface area (Å²) in [5, 5.41) is 6.07. The molecule has 5 aliphatic carbocycles. The number of amides is 3. The van der Waals surface area contributed by atoms with Crippen molar-refractivity contribution in [3.63, 3.8) is 0 Å². The molecule has 4 saturated carbocycles. The second-order valence-corrected chi connectivity index (χ2v) is 19.3. The number of carbonyl (C=O) groups is 4. The molecule has 0 bridgehead atoms. The first-order valence-corrected chi connectivity index (χ1v) is 19.4. The van der Waals surface area contributed by atoms with E-state index in [9.17, 15) is 19.2 Å². The van der Waals surface area contributed by atoms with Crippen LogP contribution in [0.2, 0.25) is 0 Å². The zero-order valence-electron chi connectivity index (χ0n) is 30.5. The number of nitrogens with zero attached hydrogens (tertiary/aromatic N) is 2. The number of imide groups is 1. The Morgan fingerprint density at radius 2 is 1.69 bits per heavy atom. The van der Waals surface area contributed by atoms with Crippen LogP contribution in [0.25, 0.3) is 0 Å². The van der Waals surface area contributed by atoms with Crippen LogP contribution in [0.3, 0.4) is 0 Å². The van der Waals surface area contributed by atoms with Gasteiger partial charge in [-0.15, -0.1) is 0 Å². The summed E-state index contributed by atoms with van der Waals surface area (Å²) in [5.41, 5.74) is 2.33. The highest BCUT2D eigenvalue weighted by atomic mass is 32.2. The van der Waals surface area contributed by atoms with E-state index in [2.05, 4.69) is 69.9 Å². The Kier molecular flexibility index (Phi) is 8.41. The van der Waals surface area contributed by atoms with Crippen molar-refractivity contribution in [2.45, 2.75) is 113 Å². The maximum Gasteiger partial charge on any atom is 0.359 e. The van der Waals surface area contributed by atoms with E-state index in [-0.39, 0.29) is 43.3 Å². The average molecular weight is 694 g/mol. The van der Waals surface area contributed by atoms with Crippen LogP contribution in [0.5, 0.6) is 0 Å². The number of hydrogen-bond acceptors (Lipinski definition) is 8. The molecule has 1 N–H and O–H groups in total. The third-order valence-electron chi connectivity index (χ3n) is 15.3. The lowest BCUT2D eigenvalue weighted by Crippen LogP contribution is -2.65. The van der Waals surface area contributed by atoms with Crippen LogP contribution in [-0.2, 0) is 24.0 Å². The Hall–Kier alpha value is -2.46. The maximum absolute atomic E-state index is 14.6. The summed E-state index contributed by atoms with van der Waals surface area (Å²) in [6.45, 7) is 19.7. The molecule has 3 amide bonds. The minimum atomic E-state index is -0.746. The molecule has 10 heteroatoms. The lowest BCUT2D eigenvalue weighted by Gasteiger charge is -2.71. The van der Waals surface area contributed by atoms with Gasteiger partial charge in [-0.3, -0.25) is 19.7 Å². The molecule has 0 unspecified atom stereocenters. The molecular formula is C39H55N3O6S. The molecule has 2 aliphatic heterocycles. The first-order chi connectivity index (χ1) is 23.0. The van der Waals surface area contributed by atoms with Crippen molar-refractivity contribution in [2.24, 2.45) is 55.4 Å². The predicted molar refractivity (Wildman–Crippen MR) is 189 cm³/mol. The van der Waals surface area contributed by atoms with Crippen LogP contribution < -0.4 is 5.32 Å². The summed E-state index contributed by atoms with van der Waals surface area (Å²) in [4.78, 5) is 58.1. The molecule has 6 fully saturated rings. The summed E-state index contributed by atoms with van der Waals surface area (Å²) in [6.07, 6.45) is 13.8. The zero-order valence-corrected chi connectivity index (χ0v) is 31.4. The monoisotopic (exact) mass is 693 g/mol. The minimum absolute atomic E-state index is 0.0256. The number of carbonyl (C=O) groups excluding carboxylic acids is 4. The van der Waals surface area contributed by atoms with Gasteiger partial charge in [0, 0.05) is 24.6 Å². The molecule has 2 heterocycles. The largest absolute Gasteiger partial charge is 0.378 e. The zero-order chi connectivity index (χ0) is 35.2. The number of thioether (sulfide) groups is 1. The van der Waals surface area contributed by atoms with E-state index in [0.29, 0.717) is 55.8 Å². The first-order valence-electron chi connectivity index (χ1n) is 18.6. The quantitative estimate of drug-likeness (QED) is 0.142. The van der Waals surface area contributed by atoms with Gasteiger partial charge in [0.05, 0.1) is 29.2 Å². The van der Waals surface area contributed by atoms with E-state index in [1.54, 1.807) is 5.57 Å². The molecule has 0 spiro atoms. The van der Waals surface area contributed by atoms with Crippen molar-refractivity contribution in [3.05, 3.63) is 22.6 Å². The standard InChI is InChI=1S/C39H55N3O6S/c1-34(2)14-16-39(32(45)42-18-20-47-21-19-42)17-15-37(6)24(25(39)23-34)8-9-28-36(5)12-11-29(35(3,4)27(36)10-13-38(28,37)7)41-48-30(43)22-26-31(44)40-33(46)49-26/h8,22,25,27-28H,9-21,23H2,1-7H3,(H,40,44,46)/b26-22-,41-29-/t25-,27+,28+,36-,37+,38+,39-/m0/s1. The molecule has 0 aromatic rings. The average Bonchev–Trinajstić information content (AvgIpc) is 3.36. The summed E-state index contributed by atoms with van der Waals surface area (Å²) in [6, 6.07) is 0. The highest BCUT2D eigenvalue weighted by molar-refractivity contribution is 8.18.